The molecule has 3 amide bonds. The third kappa shape index (κ3) is 6.04. The Morgan fingerprint density at radius 1 is 0.967 bits per heavy atom. The normalized spacial score (nSPS) is 13.3. The van der Waals surface area contributed by atoms with Gasteiger partial charge in [0.2, 0.25) is 5.91 Å². The lowest BCUT2D eigenvalue weighted by molar-refractivity contribution is -0.117. The highest BCUT2D eigenvalue weighted by Crippen LogP contribution is 2.30. The number of amides is 3. The molecule has 1 aliphatic rings. The molecular formula is C22H24FN3O4. The van der Waals surface area contributed by atoms with Crippen LogP contribution in [-0.4, -0.2) is 23.5 Å². The van der Waals surface area contributed by atoms with Gasteiger partial charge in [-0.2, -0.15) is 0 Å². The van der Waals surface area contributed by atoms with Gasteiger partial charge in [-0.15, -0.1) is 0 Å². The van der Waals surface area contributed by atoms with E-state index in [2.05, 4.69) is 16.0 Å². The van der Waals surface area contributed by atoms with Crippen LogP contribution in [0.3, 0.4) is 0 Å². The van der Waals surface area contributed by atoms with Gasteiger partial charge in [-0.3, -0.25) is 14.9 Å². The van der Waals surface area contributed by atoms with E-state index in [-0.39, 0.29) is 28.8 Å². The summed E-state index contributed by atoms with van der Waals surface area (Å²) in [6.07, 6.45) is 1.02. The van der Waals surface area contributed by atoms with Crippen LogP contribution < -0.4 is 16.0 Å². The SMILES string of the molecule is CC(C)(C)OC(=O)Nc1ccc(F)cc1NC(=O)c1cccc(NC(=O)C2CC2)c1. The molecule has 2 aromatic rings. The van der Waals surface area contributed by atoms with Crippen LogP contribution in [0.4, 0.5) is 26.2 Å². The van der Waals surface area contributed by atoms with Gasteiger partial charge < -0.3 is 15.4 Å². The van der Waals surface area contributed by atoms with Crippen molar-refractivity contribution in [3.8, 4) is 0 Å². The van der Waals surface area contributed by atoms with E-state index in [9.17, 15) is 18.8 Å². The number of benzene rings is 2. The molecule has 0 heterocycles. The topological polar surface area (TPSA) is 96.5 Å². The summed E-state index contributed by atoms with van der Waals surface area (Å²) >= 11 is 0. The van der Waals surface area contributed by atoms with Crippen LogP contribution in [0.5, 0.6) is 0 Å². The first-order chi connectivity index (χ1) is 14.1. The zero-order valence-electron chi connectivity index (χ0n) is 17.0. The Kier molecular flexibility index (Phi) is 6.05. The van der Waals surface area contributed by atoms with Crippen molar-refractivity contribution in [2.24, 2.45) is 5.92 Å². The summed E-state index contributed by atoms with van der Waals surface area (Å²) in [4.78, 5) is 36.7. The first-order valence-corrected chi connectivity index (χ1v) is 9.62. The summed E-state index contributed by atoms with van der Waals surface area (Å²) in [5.41, 5.74) is 0.344. The fourth-order valence-corrected chi connectivity index (χ4v) is 2.66. The maximum Gasteiger partial charge on any atom is 0.412 e. The van der Waals surface area contributed by atoms with Gasteiger partial charge in [-0.25, -0.2) is 9.18 Å². The Labute approximate surface area is 174 Å². The van der Waals surface area contributed by atoms with E-state index in [0.717, 1.165) is 25.0 Å². The molecule has 3 rings (SSSR count). The third-order valence-corrected chi connectivity index (χ3v) is 4.21. The van der Waals surface area contributed by atoms with Gasteiger partial charge in [0.15, 0.2) is 0 Å². The minimum Gasteiger partial charge on any atom is -0.444 e. The highest BCUT2D eigenvalue weighted by atomic mass is 19.1. The summed E-state index contributed by atoms with van der Waals surface area (Å²) in [7, 11) is 0. The molecule has 0 bridgehead atoms. The highest BCUT2D eigenvalue weighted by Gasteiger charge is 2.29. The van der Waals surface area contributed by atoms with Gasteiger partial charge in [-0.1, -0.05) is 6.07 Å². The van der Waals surface area contributed by atoms with Crippen molar-refractivity contribution in [3.63, 3.8) is 0 Å². The second kappa shape index (κ2) is 8.52. The van der Waals surface area contributed by atoms with Crippen molar-refractivity contribution in [2.45, 2.75) is 39.2 Å². The Bertz CT molecular complexity index is 981. The molecule has 0 radical (unpaired) electrons. The van der Waals surface area contributed by atoms with E-state index < -0.39 is 23.4 Å². The zero-order chi connectivity index (χ0) is 21.9. The molecule has 7 nitrogen and oxygen atoms in total. The molecule has 0 spiro atoms. The van der Waals surface area contributed by atoms with Gasteiger partial charge in [-0.05, 0) is 70.0 Å². The molecular weight excluding hydrogens is 389 g/mol. The van der Waals surface area contributed by atoms with Gasteiger partial charge in [0, 0.05) is 17.2 Å². The number of ether oxygens (including phenoxy) is 1. The minimum atomic E-state index is -0.727. The summed E-state index contributed by atoms with van der Waals surface area (Å²) in [5.74, 6) is -1.13. The lowest BCUT2D eigenvalue weighted by atomic mass is 10.1. The molecule has 0 saturated heterocycles. The van der Waals surface area contributed by atoms with Gasteiger partial charge in [0.25, 0.3) is 5.91 Å². The molecule has 0 unspecified atom stereocenters. The van der Waals surface area contributed by atoms with Crippen molar-refractivity contribution < 1.29 is 23.5 Å². The lowest BCUT2D eigenvalue weighted by Gasteiger charge is -2.20. The molecule has 0 aromatic heterocycles. The Hall–Kier alpha value is -3.42. The van der Waals surface area contributed by atoms with Crippen molar-refractivity contribution in [1.82, 2.24) is 0 Å². The van der Waals surface area contributed by atoms with Crippen molar-refractivity contribution >= 4 is 35.0 Å². The summed E-state index contributed by atoms with van der Waals surface area (Å²) < 4.78 is 19.0. The van der Waals surface area contributed by atoms with E-state index in [1.165, 1.54) is 12.1 Å². The van der Waals surface area contributed by atoms with Crippen LogP contribution in [0.1, 0.15) is 44.0 Å². The van der Waals surface area contributed by atoms with Gasteiger partial charge in [0.05, 0.1) is 11.4 Å². The molecule has 30 heavy (non-hydrogen) atoms. The molecule has 0 aliphatic heterocycles. The first kappa shape index (κ1) is 21.3. The Morgan fingerprint density at radius 3 is 2.37 bits per heavy atom. The standard InChI is InChI=1S/C22H24FN3O4/c1-22(2,3)30-21(29)26-17-10-9-15(23)12-18(17)25-20(28)14-5-4-6-16(11-14)24-19(27)13-7-8-13/h4-6,9-13H,7-8H2,1-3H3,(H,24,27)(H,25,28)(H,26,29). The zero-order valence-corrected chi connectivity index (χ0v) is 17.0. The summed E-state index contributed by atoms with van der Waals surface area (Å²) in [5, 5.41) is 7.88. The average molecular weight is 413 g/mol. The summed E-state index contributed by atoms with van der Waals surface area (Å²) in [6, 6.07) is 10.0. The van der Waals surface area contributed by atoms with Gasteiger partial charge in [0.1, 0.15) is 11.4 Å². The number of halogens is 1. The number of rotatable bonds is 5. The predicted molar refractivity (Wildman–Crippen MR) is 112 cm³/mol. The van der Waals surface area contributed by atoms with Crippen molar-refractivity contribution in [1.29, 1.82) is 0 Å². The van der Waals surface area contributed by atoms with E-state index in [1.807, 2.05) is 0 Å². The molecule has 1 aliphatic carbocycles. The molecule has 3 N–H and O–H groups in total. The Balaban J connectivity index is 1.73. The van der Waals surface area contributed by atoms with Crippen LogP contribution in [0.25, 0.3) is 0 Å². The van der Waals surface area contributed by atoms with E-state index in [1.54, 1.807) is 39.0 Å². The smallest absolute Gasteiger partial charge is 0.412 e. The van der Waals surface area contributed by atoms with Crippen LogP contribution in [0.2, 0.25) is 0 Å². The largest absolute Gasteiger partial charge is 0.444 e. The third-order valence-electron chi connectivity index (χ3n) is 4.21. The molecule has 0 atom stereocenters. The van der Waals surface area contributed by atoms with E-state index in [4.69, 9.17) is 4.74 Å². The number of hydrogen-bond acceptors (Lipinski definition) is 4. The number of nitrogens with one attached hydrogen (secondary N) is 3. The van der Waals surface area contributed by atoms with E-state index in [0.29, 0.717) is 5.69 Å². The fourth-order valence-electron chi connectivity index (χ4n) is 2.66. The highest BCUT2D eigenvalue weighted by molar-refractivity contribution is 6.07. The molecule has 2 aromatic carbocycles. The predicted octanol–water partition coefficient (Wildman–Crippen LogP) is 4.77. The number of anilines is 3. The fraction of sp³-hybridized carbons (Fsp3) is 0.318. The van der Waals surface area contributed by atoms with Gasteiger partial charge >= 0.3 is 6.09 Å². The summed E-state index contributed by atoms with van der Waals surface area (Å²) in [6.45, 7) is 5.15. The molecule has 158 valence electrons. The second-order valence-corrected chi connectivity index (χ2v) is 8.12. The van der Waals surface area contributed by atoms with Crippen LogP contribution in [0, 0.1) is 11.7 Å². The van der Waals surface area contributed by atoms with Crippen molar-refractivity contribution in [3.05, 3.63) is 53.8 Å². The minimum absolute atomic E-state index is 0.0382. The monoisotopic (exact) mass is 413 g/mol. The Morgan fingerprint density at radius 2 is 1.70 bits per heavy atom. The van der Waals surface area contributed by atoms with Crippen LogP contribution >= 0.6 is 0 Å². The molecule has 1 fully saturated rings. The lowest BCUT2D eigenvalue weighted by Crippen LogP contribution is -2.27. The average Bonchev–Trinajstić information content (AvgIpc) is 3.48. The second-order valence-electron chi connectivity index (χ2n) is 8.12. The number of hydrogen-bond donors (Lipinski definition) is 3. The van der Waals surface area contributed by atoms with Crippen molar-refractivity contribution in [2.75, 3.05) is 16.0 Å². The molecule has 8 heteroatoms. The van der Waals surface area contributed by atoms with Crippen LogP contribution in [0.15, 0.2) is 42.5 Å². The number of carbonyl (C=O) groups is 3. The quantitative estimate of drug-likeness (QED) is 0.658. The van der Waals surface area contributed by atoms with E-state index >= 15 is 0 Å². The first-order valence-electron chi connectivity index (χ1n) is 9.62. The van der Waals surface area contributed by atoms with Crippen LogP contribution in [-0.2, 0) is 9.53 Å². The maximum atomic E-state index is 13.8. The maximum absolute atomic E-state index is 13.8. The number of carbonyl (C=O) groups excluding carboxylic acids is 3. The molecule has 1 saturated carbocycles.